The van der Waals surface area contributed by atoms with Crippen LogP contribution in [0, 0.1) is 0 Å². The van der Waals surface area contributed by atoms with Crippen LogP contribution in [-0.2, 0) is 0 Å². The van der Waals surface area contributed by atoms with Crippen LogP contribution in [0.3, 0.4) is 0 Å². The Hall–Kier alpha value is -3.60. The van der Waals surface area contributed by atoms with E-state index in [1.807, 2.05) is 48.5 Å². The van der Waals surface area contributed by atoms with E-state index in [1.54, 1.807) is 31.4 Å². The Balaban J connectivity index is 1.78. The molecule has 1 aromatic heterocycles. The van der Waals surface area contributed by atoms with E-state index < -0.39 is 0 Å². The van der Waals surface area contributed by atoms with E-state index in [4.69, 9.17) is 4.74 Å². The van der Waals surface area contributed by atoms with Crippen molar-refractivity contribution in [1.29, 1.82) is 0 Å². The number of nitrogens with one attached hydrogen (secondary N) is 1. The molecule has 0 spiro atoms. The minimum Gasteiger partial charge on any atom is -0.508 e. The number of fused-ring (bicyclic) bond motifs is 1. The predicted molar refractivity (Wildman–Crippen MR) is 103 cm³/mol. The number of aromatic nitrogens is 2. The summed E-state index contributed by atoms with van der Waals surface area (Å²) in [6.07, 6.45) is 0. The fourth-order valence-electron chi connectivity index (χ4n) is 2.84. The summed E-state index contributed by atoms with van der Waals surface area (Å²) in [5, 5.41) is 23.5. The van der Waals surface area contributed by atoms with E-state index in [1.165, 1.54) is 0 Å². The summed E-state index contributed by atoms with van der Waals surface area (Å²) in [6.45, 7) is 0. The van der Waals surface area contributed by atoms with Gasteiger partial charge >= 0.3 is 0 Å². The number of phenolic OH excluding ortho intramolecular Hbond substituents is 1. The van der Waals surface area contributed by atoms with Gasteiger partial charge in [-0.15, -0.1) is 10.2 Å². The zero-order chi connectivity index (χ0) is 17.9. The molecule has 4 aromatic rings. The van der Waals surface area contributed by atoms with E-state index in [0.29, 0.717) is 5.82 Å². The Kier molecular flexibility index (Phi) is 4.11. The molecule has 1 heterocycles. The highest BCUT2D eigenvalue weighted by atomic mass is 16.5. The molecule has 0 bridgehead atoms. The quantitative estimate of drug-likeness (QED) is 0.523. The monoisotopic (exact) mass is 343 g/mol. The molecule has 0 atom stereocenters. The number of hydrogen-bond donors (Lipinski definition) is 2. The maximum atomic E-state index is 9.43. The van der Waals surface area contributed by atoms with Crippen molar-refractivity contribution in [3.8, 4) is 22.8 Å². The topological polar surface area (TPSA) is 67.3 Å². The van der Waals surface area contributed by atoms with Crippen molar-refractivity contribution in [2.24, 2.45) is 0 Å². The van der Waals surface area contributed by atoms with Gasteiger partial charge in [-0.1, -0.05) is 24.3 Å². The van der Waals surface area contributed by atoms with Gasteiger partial charge in [0.05, 0.1) is 7.11 Å². The third kappa shape index (κ3) is 3.02. The van der Waals surface area contributed by atoms with E-state index in [-0.39, 0.29) is 5.75 Å². The third-order valence-electron chi connectivity index (χ3n) is 4.18. The number of phenols is 1. The molecule has 3 aromatic carbocycles. The first-order chi connectivity index (χ1) is 12.7. The number of benzene rings is 3. The number of anilines is 2. The molecule has 0 saturated carbocycles. The predicted octanol–water partition coefficient (Wildman–Crippen LogP) is 4.75. The van der Waals surface area contributed by atoms with Gasteiger partial charge in [-0.2, -0.15) is 0 Å². The van der Waals surface area contributed by atoms with Gasteiger partial charge in [0.1, 0.15) is 17.2 Å². The first-order valence-electron chi connectivity index (χ1n) is 8.20. The average Bonchev–Trinajstić information content (AvgIpc) is 2.70. The highest BCUT2D eigenvalue weighted by Crippen LogP contribution is 2.31. The standard InChI is InChI=1S/C21H17N3O2/c1-26-17-12-6-14(7-13-17)20-18-4-2-3-5-19(18)21(24-23-20)22-15-8-10-16(25)11-9-15/h2-13,25H,1H3,(H,22,24). The van der Waals surface area contributed by atoms with Crippen molar-refractivity contribution in [2.75, 3.05) is 12.4 Å². The molecule has 0 aliphatic rings. The van der Waals surface area contributed by atoms with Crippen LogP contribution in [0.1, 0.15) is 0 Å². The Morgan fingerprint density at radius 1 is 0.808 bits per heavy atom. The summed E-state index contributed by atoms with van der Waals surface area (Å²) in [5.41, 5.74) is 2.63. The summed E-state index contributed by atoms with van der Waals surface area (Å²) in [5.74, 6) is 1.70. The van der Waals surface area contributed by atoms with Crippen molar-refractivity contribution in [3.63, 3.8) is 0 Å². The van der Waals surface area contributed by atoms with Gasteiger partial charge in [0.25, 0.3) is 0 Å². The van der Waals surface area contributed by atoms with Gasteiger partial charge in [-0.05, 0) is 48.5 Å². The van der Waals surface area contributed by atoms with E-state index in [0.717, 1.165) is 33.5 Å². The molecular formula is C21H17N3O2. The van der Waals surface area contributed by atoms with E-state index in [9.17, 15) is 5.11 Å². The Morgan fingerprint density at radius 3 is 2.19 bits per heavy atom. The number of nitrogens with zero attached hydrogens (tertiary/aromatic N) is 2. The highest BCUT2D eigenvalue weighted by Gasteiger charge is 2.11. The molecule has 0 aliphatic heterocycles. The Morgan fingerprint density at radius 2 is 1.50 bits per heavy atom. The van der Waals surface area contributed by atoms with Gasteiger partial charge in [0, 0.05) is 22.0 Å². The first kappa shape index (κ1) is 15.9. The molecule has 0 fully saturated rings. The van der Waals surface area contributed by atoms with Gasteiger partial charge < -0.3 is 15.2 Å². The lowest BCUT2D eigenvalue weighted by Crippen LogP contribution is -1.99. The van der Waals surface area contributed by atoms with Crippen LogP contribution >= 0.6 is 0 Å². The zero-order valence-electron chi connectivity index (χ0n) is 14.2. The van der Waals surface area contributed by atoms with E-state index >= 15 is 0 Å². The maximum Gasteiger partial charge on any atom is 0.161 e. The Bertz CT molecular complexity index is 1040. The van der Waals surface area contributed by atoms with Crippen molar-refractivity contribution < 1.29 is 9.84 Å². The average molecular weight is 343 g/mol. The maximum absolute atomic E-state index is 9.43. The second-order valence-electron chi connectivity index (χ2n) is 5.84. The number of ether oxygens (including phenoxy) is 1. The van der Waals surface area contributed by atoms with Crippen LogP contribution in [0.4, 0.5) is 11.5 Å². The van der Waals surface area contributed by atoms with Crippen molar-refractivity contribution >= 4 is 22.3 Å². The SMILES string of the molecule is COc1ccc(-c2nnc(Nc3ccc(O)cc3)c3ccccc23)cc1. The van der Waals surface area contributed by atoms with Crippen molar-refractivity contribution in [1.82, 2.24) is 10.2 Å². The molecular weight excluding hydrogens is 326 g/mol. The van der Waals surface area contributed by atoms with Crippen LogP contribution in [0.2, 0.25) is 0 Å². The second kappa shape index (κ2) is 6.72. The summed E-state index contributed by atoms with van der Waals surface area (Å²) in [4.78, 5) is 0. The largest absolute Gasteiger partial charge is 0.508 e. The van der Waals surface area contributed by atoms with Gasteiger partial charge in [-0.25, -0.2) is 0 Å². The molecule has 4 rings (SSSR count). The molecule has 2 N–H and O–H groups in total. The summed E-state index contributed by atoms with van der Waals surface area (Å²) in [7, 11) is 1.65. The number of hydrogen-bond acceptors (Lipinski definition) is 5. The van der Waals surface area contributed by atoms with Crippen LogP contribution in [-0.4, -0.2) is 22.4 Å². The summed E-state index contributed by atoms with van der Waals surface area (Å²) >= 11 is 0. The molecule has 0 saturated heterocycles. The van der Waals surface area contributed by atoms with Gasteiger partial charge in [-0.3, -0.25) is 0 Å². The fraction of sp³-hybridized carbons (Fsp3) is 0.0476. The lowest BCUT2D eigenvalue weighted by molar-refractivity contribution is 0.415. The van der Waals surface area contributed by atoms with Gasteiger partial charge in [0.15, 0.2) is 5.82 Å². The van der Waals surface area contributed by atoms with Crippen molar-refractivity contribution in [2.45, 2.75) is 0 Å². The Labute approximate surface area is 150 Å². The van der Waals surface area contributed by atoms with Crippen molar-refractivity contribution in [3.05, 3.63) is 72.8 Å². The molecule has 5 heteroatoms. The zero-order valence-corrected chi connectivity index (χ0v) is 14.2. The molecule has 0 radical (unpaired) electrons. The molecule has 5 nitrogen and oxygen atoms in total. The normalized spacial score (nSPS) is 10.7. The second-order valence-corrected chi connectivity index (χ2v) is 5.84. The first-order valence-corrected chi connectivity index (χ1v) is 8.20. The third-order valence-corrected chi connectivity index (χ3v) is 4.18. The summed E-state index contributed by atoms with van der Waals surface area (Å²) in [6, 6.07) is 22.6. The molecule has 26 heavy (non-hydrogen) atoms. The minimum atomic E-state index is 0.223. The number of aromatic hydroxyl groups is 1. The number of rotatable bonds is 4. The number of methoxy groups -OCH3 is 1. The van der Waals surface area contributed by atoms with Crippen LogP contribution in [0.25, 0.3) is 22.0 Å². The van der Waals surface area contributed by atoms with Crippen LogP contribution in [0.5, 0.6) is 11.5 Å². The molecule has 0 unspecified atom stereocenters. The van der Waals surface area contributed by atoms with E-state index in [2.05, 4.69) is 15.5 Å². The van der Waals surface area contributed by atoms with Crippen LogP contribution < -0.4 is 10.1 Å². The lowest BCUT2D eigenvalue weighted by Gasteiger charge is -2.11. The smallest absolute Gasteiger partial charge is 0.161 e. The lowest BCUT2D eigenvalue weighted by atomic mass is 10.0. The summed E-state index contributed by atoms with van der Waals surface area (Å²) < 4.78 is 5.22. The fourth-order valence-corrected chi connectivity index (χ4v) is 2.84. The van der Waals surface area contributed by atoms with Gasteiger partial charge in [0.2, 0.25) is 0 Å². The minimum absolute atomic E-state index is 0.223. The van der Waals surface area contributed by atoms with Crippen LogP contribution in [0.15, 0.2) is 72.8 Å². The molecule has 0 aliphatic carbocycles. The molecule has 128 valence electrons. The molecule has 0 amide bonds. The highest BCUT2D eigenvalue weighted by molar-refractivity contribution is 6.00.